The van der Waals surface area contributed by atoms with Crippen LogP contribution in [0.3, 0.4) is 0 Å². The van der Waals surface area contributed by atoms with Gasteiger partial charge in [0.25, 0.3) is 0 Å². The highest BCUT2D eigenvalue weighted by molar-refractivity contribution is 7.80. The van der Waals surface area contributed by atoms with Crippen molar-refractivity contribution in [2.24, 2.45) is 11.1 Å². The Morgan fingerprint density at radius 2 is 2.20 bits per heavy atom. The summed E-state index contributed by atoms with van der Waals surface area (Å²) in [6.07, 6.45) is 1.34. The second-order valence-electron chi connectivity index (χ2n) is 6.11. The van der Waals surface area contributed by atoms with E-state index in [1.54, 1.807) is 0 Å². The van der Waals surface area contributed by atoms with Crippen LogP contribution in [0.1, 0.15) is 38.3 Å². The molecule has 20 heavy (non-hydrogen) atoms. The lowest BCUT2D eigenvalue weighted by Gasteiger charge is -2.52. The van der Waals surface area contributed by atoms with Gasteiger partial charge in [0.15, 0.2) is 0 Å². The topological polar surface area (TPSA) is 47.3 Å². The van der Waals surface area contributed by atoms with Crippen molar-refractivity contribution in [1.82, 2.24) is 0 Å². The Labute approximate surface area is 126 Å². The lowest BCUT2D eigenvalue weighted by molar-refractivity contribution is -0.0975. The number of ether oxygens (including phenoxy) is 1. The fourth-order valence-electron chi connectivity index (χ4n) is 2.79. The van der Waals surface area contributed by atoms with Crippen molar-refractivity contribution in [2.45, 2.75) is 46.3 Å². The summed E-state index contributed by atoms with van der Waals surface area (Å²) < 4.78 is 5.77. The quantitative estimate of drug-likeness (QED) is 0.818. The van der Waals surface area contributed by atoms with Gasteiger partial charge < -0.3 is 15.8 Å². The second kappa shape index (κ2) is 5.70. The van der Waals surface area contributed by atoms with E-state index in [0.29, 0.717) is 17.1 Å². The van der Waals surface area contributed by atoms with Gasteiger partial charge in [0.05, 0.1) is 6.10 Å². The maximum absolute atomic E-state index is 5.83. The zero-order valence-corrected chi connectivity index (χ0v) is 13.5. The van der Waals surface area contributed by atoms with Crippen molar-refractivity contribution in [3.63, 3.8) is 0 Å². The number of thiocarbonyl (C=S) groups is 1. The van der Waals surface area contributed by atoms with Crippen molar-refractivity contribution in [1.29, 1.82) is 0 Å². The average molecular weight is 292 g/mol. The third-order valence-electron chi connectivity index (χ3n) is 4.32. The number of hydrogen-bond acceptors (Lipinski definition) is 3. The number of nitrogens with two attached hydrogens (primary N) is 1. The average Bonchev–Trinajstić information content (AvgIpc) is 2.39. The van der Waals surface area contributed by atoms with Gasteiger partial charge in [-0.15, -0.1) is 0 Å². The minimum atomic E-state index is 0.119. The molecule has 0 aliphatic heterocycles. The first-order chi connectivity index (χ1) is 9.36. The highest BCUT2D eigenvalue weighted by atomic mass is 32.1. The largest absolute Gasteiger partial charge is 0.389 e. The number of hydrogen-bond donors (Lipinski definition) is 2. The second-order valence-corrected chi connectivity index (χ2v) is 6.55. The van der Waals surface area contributed by atoms with Gasteiger partial charge in [-0.05, 0) is 32.4 Å². The van der Waals surface area contributed by atoms with E-state index in [0.717, 1.165) is 24.3 Å². The van der Waals surface area contributed by atoms with E-state index in [1.807, 2.05) is 19.9 Å². The van der Waals surface area contributed by atoms with Crippen LogP contribution in [0.25, 0.3) is 0 Å². The van der Waals surface area contributed by atoms with Gasteiger partial charge in [-0.1, -0.05) is 37.7 Å². The molecular weight excluding hydrogens is 268 g/mol. The number of rotatable bonds is 5. The third kappa shape index (κ3) is 2.81. The molecule has 0 amide bonds. The molecular formula is C16H24N2OS. The molecule has 1 saturated carbocycles. The van der Waals surface area contributed by atoms with Crippen LogP contribution in [0.5, 0.6) is 0 Å². The number of nitrogens with one attached hydrogen (secondary N) is 1. The van der Waals surface area contributed by atoms with Crippen LogP contribution in [0.15, 0.2) is 18.2 Å². The fraction of sp³-hybridized carbons (Fsp3) is 0.562. The Balaban J connectivity index is 2.14. The SMILES string of the molecule is CCOC1CC(Nc2ccc(C)cc2C(N)=S)C1(C)C. The Kier molecular flexibility index (Phi) is 4.35. The Bertz CT molecular complexity index is 513. The van der Waals surface area contributed by atoms with Gasteiger partial charge in [0.2, 0.25) is 0 Å². The van der Waals surface area contributed by atoms with Crippen molar-refractivity contribution in [2.75, 3.05) is 11.9 Å². The van der Waals surface area contributed by atoms with E-state index >= 15 is 0 Å². The first-order valence-corrected chi connectivity index (χ1v) is 7.55. The molecule has 0 aromatic heterocycles. The zero-order valence-electron chi connectivity index (χ0n) is 12.7. The summed E-state index contributed by atoms with van der Waals surface area (Å²) in [7, 11) is 0. The molecule has 1 aromatic carbocycles. The standard InChI is InChI=1S/C16H24N2OS/c1-5-19-14-9-13(16(14,3)4)18-12-7-6-10(2)8-11(12)15(17)20/h6-8,13-14,18H,5,9H2,1-4H3,(H2,17,20). The molecule has 0 bridgehead atoms. The summed E-state index contributed by atoms with van der Waals surface area (Å²) in [6.45, 7) is 9.33. The Morgan fingerprint density at radius 3 is 2.75 bits per heavy atom. The molecule has 3 N–H and O–H groups in total. The Morgan fingerprint density at radius 1 is 1.50 bits per heavy atom. The van der Waals surface area contributed by atoms with Gasteiger partial charge in [-0.25, -0.2) is 0 Å². The van der Waals surface area contributed by atoms with Crippen LogP contribution < -0.4 is 11.1 Å². The molecule has 0 radical (unpaired) electrons. The van der Waals surface area contributed by atoms with E-state index in [9.17, 15) is 0 Å². The molecule has 110 valence electrons. The summed E-state index contributed by atoms with van der Waals surface area (Å²) in [5, 5.41) is 3.59. The van der Waals surface area contributed by atoms with Crippen molar-refractivity contribution in [3.8, 4) is 0 Å². The van der Waals surface area contributed by atoms with Gasteiger partial charge in [-0.2, -0.15) is 0 Å². The predicted octanol–water partition coefficient (Wildman–Crippen LogP) is 3.24. The van der Waals surface area contributed by atoms with E-state index in [4.69, 9.17) is 22.7 Å². The summed E-state index contributed by atoms with van der Waals surface area (Å²) in [5.41, 5.74) is 9.06. The lowest BCUT2D eigenvalue weighted by atomic mass is 9.64. The van der Waals surface area contributed by atoms with E-state index in [-0.39, 0.29) is 5.41 Å². The molecule has 3 nitrogen and oxygen atoms in total. The maximum atomic E-state index is 5.83. The molecule has 2 unspecified atom stereocenters. The molecule has 2 rings (SSSR count). The molecule has 0 saturated heterocycles. The smallest absolute Gasteiger partial charge is 0.106 e. The highest BCUT2D eigenvalue weighted by Crippen LogP contribution is 2.44. The Hall–Kier alpha value is -1.13. The minimum Gasteiger partial charge on any atom is -0.389 e. The van der Waals surface area contributed by atoms with Crippen LogP contribution in [0, 0.1) is 12.3 Å². The van der Waals surface area contributed by atoms with Crippen molar-refractivity contribution in [3.05, 3.63) is 29.3 Å². The van der Waals surface area contributed by atoms with Gasteiger partial charge in [-0.3, -0.25) is 0 Å². The minimum absolute atomic E-state index is 0.119. The highest BCUT2D eigenvalue weighted by Gasteiger charge is 2.49. The number of aryl methyl sites for hydroxylation is 1. The molecule has 4 heteroatoms. The molecule has 0 spiro atoms. The zero-order chi connectivity index (χ0) is 14.9. The summed E-state index contributed by atoms with van der Waals surface area (Å²) in [4.78, 5) is 0.440. The molecule has 0 heterocycles. The summed E-state index contributed by atoms with van der Waals surface area (Å²) >= 11 is 5.15. The monoisotopic (exact) mass is 292 g/mol. The van der Waals surface area contributed by atoms with Gasteiger partial charge in [0.1, 0.15) is 4.99 Å². The molecule has 2 atom stereocenters. The summed E-state index contributed by atoms with van der Waals surface area (Å²) in [6, 6.07) is 6.56. The van der Waals surface area contributed by atoms with E-state index in [2.05, 4.69) is 31.3 Å². The fourth-order valence-corrected chi connectivity index (χ4v) is 2.96. The van der Waals surface area contributed by atoms with Crippen molar-refractivity contribution < 1.29 is 4.74 Å². The molecule has 1 aromatic rings. The van der Waals surface area contributed by atoms with Gasteiger partial charge in [0, 0.05) is 29.3 Å². The summed E-state index contributed by atoms with van der Waals surface area (Å²) in [5.74, 6) is 0. The van der Waals surface area contributed by atoms with Crippen LogP contribution in [0.2, 0.25) is 0 Å². The first-order valence-electron chi connectivity index (χ1n) is 7.14. The molecule has 1 aliphatic rings. The number of benzene rings is 1. The van der Waals surface area contributed by atoms with Crippen molar-refractivity contribution >= 4 is 22.9 Å². The van der Waals surface area contributed by atoms with Crippen LogP contribution >= 0.6 is 12.2 Å². The molecule has 1 fully saturated rings. The lowest BCUT2D eigenvalue weighted by Crippen LogP contribution is -2.58. The van der Waals surface area contributed by atoms with Crippen LogP contribution in [-0.2, 0) is 4.74 Å². The first kappa shape index (κ1) is 15.3. The van der Waals surface area contributed by atoms with E-state index < -0.39 is 0 Å². The predicted molar refractivity (Wildman–Crippen MR) is 88.3 cm³/mol. The maximum Gasteiger partial charge on any atom is 0.106 e. The van der Waals surface area contributed by atoms with Crippen LogP contribution in [0.4, 0.5) is 5.69 Å². The normalized spacial score (nSPS) is 24.0. The molecule has 1 aliphatic carbocycles. The third-order valence-corrected chi connectivity index (χ3v) is 4.54. The number of anilines is 1. The van der Waals surface area contributed by atoms with Crippen LogP contribution in [-0.4, -0.2) is 23.7 Å². The van der Waals surface area contributed by atoms with E-state index in [1.165, 1.54) is 5.56 Å². The van der Waals surface area contributed by atoms with Gasteiger partial charge >= 0.3 is 0 Å².